The molecule has 4 bridgehead atoms. The van der Waals surface area contributed by atoms with Crippen molar-refractivity contribution in [3.05, 3.63) is 24.4 Å². The number of amides is 2. The molecule has 3 aromatic rings. The number of aliphatic hydroxyl groups is 1. The molecule has 0 radical (unpaired) electrons. The predicted molar refractivity (Wildman–Crippen MR) is 154 cm³/mol. The molecule has 4 saturated carbocycles. The van der Waals surface area contributed by atoms with E-state index in [1.165, 1.54) is 0 Å². The highest BCUT2D eigenvalue weighted by atomic mass is 16.6. The van der Waals surface area contributed by atoms with Gasteiger partial charge in [-0.25, -0.2) is 9.78 Å². The van der Waals surface area contributed by atoms with Crippen LogP contribution in [0, 0.1) is 17.8 Å². The van der Waals surface area contributed by atoms with Crippen LogP contribution in [0.4, 0.5) is 10.5 Å². The van der Waals surface area contributed by atoms with Crippen LogP contribution in [0.1, 0.15) is 76.4 Å². The monoisotopic (exact) mass is 577 g/mol. The number of hydrogen-bond donors (Lipinski definition) is 4. The largest absolute Gasteiger partial charge is 0.444 e. The number of nitrogens with one attached hydrogen (secondary N) is 3. The lowest BCUT2D eigenvalue weighted by Gasteiger charge is -2.58. The lowest BCUT2D eigenvalue weighted by molar-refractivity contribution is -0.129. The fraction of sp³-hybridized carbons (Fsp3) is 0.633. The second-order valence-electron chi connectivity index (χ2n) is 13.8. The molecule has 1 aliphatic heterocycles. The van der Waals surface area contributed by atoms with Crippen LogP contribution in [0.15, 0.2) is 23.0 Å². The molecule has 0 spiro atoms. The molecule has 5 fully saturated rings. The van der Waals surface area contributed by atoms with Crippen molar-refractivity contribution in [2.75, 3.05) is 18.4 Å². The Balaban J connectivity index is 1.06. The molecule has 4 N–H and O–H groups in total. The zero-order valence-corrected chi connectivity index (χ0v) is 24.4. The summed E-state index contributed by atoms with van der Waals surface area (Å²) in [7, 11) is 0. The van der Waals surface area contributed by atoms with E-state index in [0.717, 1.165) is 48.8 Å². The number of hydrogen-bond acceptors (Lipinski definition) is 9. The van der Waals surface area contributed by atoms with Gasteiger partial charge in [0.05, 0.1) is 16.9 Å². The van der Waals surface area contributed by atoms with Gasteiger partial charge in [0.25, 0.3) is 0 Å². The third-order valence-corrected chi connectivity index (χ3v) is 9.48. The van der Waals surface area contributed by atoms with Gasteiger partial charge in [0.1, 0.15) is 11.2 Å². The summed E-state index contributed by atoms with van der Waals surface area (Å²) in [4.78, 5) is 39.3. The van der Waals surface area contributed by atoms with Gasteiger partial charge < -0.3 is 34.9 Å². The summed E-state index contributed by atoms with van der Waals surface area (Å²) in [5.41, 5.74) is 1.23. The van der Waals surface area contributed by atoms with Gasteiger partial charge in [0.15, 0.2) is 0 Å². The zero-order valence-electron chi connectivity index (χ0n) is 24.4. The Morgan fingerprint density at radius 3 is 2.60 bits per heavy atom. The molecule has 12 nitrogen and oxygen atoms in total. The molecule has 4 aliphatic carbocycles. The fourth-order valence-electron chi connectivity index (χ4n) is 7.92. The molecule has 12 heteroatoms. The van der Waals surface area contributed by atoms with Crippen molar-refractivity contribution in [3.63, 3.8) is 0 Å². The Labute approximate surface area is 244 Å². The zero-order chi connectivity index (χ0) is 29.2. The molecule has 5 aliphatic rings. The molecule has 2 amide bonds. The highest BCUT2D eigenvalue weighted by Crippen LogP contribution is 2.56. The first-order valence-corrected chi connectivity index (χ1v) is 15.1. The van der Waals surface area contributed by atoms with Gasteiger partial charge in [-0.15, -0.1) is 0 Å². The number of ether oxygens (including phenoxy) is 1. The van der Waals surface area contributed by atoms with Crippen LogP contribution >= 0.6 is 0 Å². The lowest BCUT2D eigenvalue weighted by atomic mass is 9.52. The Kier molecular flexibility index (Phi) is 6.45. The molecule has 1 saturated heterocycles. The number of H-pyrrole nitrogens is 1. The summed E-state index contributed by atoms with van der Waals surface area (Å²) >= 11 is 0. The van der Waals surface area contributed by atoms with Gasteiger partial charge in [0.2, 0.25) is 5.82 Å². The third-order valence-electron chi connectivity index (χ3n) is 9.48. The quantitative estimate of drug-likeness (QED) is 0.350. The molecule has 224 valence electrons. The SMILES string of the molecule is CC(C)(C)OC(=O)N1CCC(NC(=O)c2nc(-c3cnc4[nH]ccc4c3N[C@H]3[C@@H]4CC5C[C@H]3C[C@@](O)(C5)C4)no2)CC1. The average molecular weight is 578 g/mol. The van der Waals surface area contributed by atoms with Gasteiger partial charge in [-0.05, 0) is 89.5 Å². The van der Waals surface area contributed by atoms with E-state index in [1.54, 1.807) is 11.1 Å². The first kappa shape index (κ1) is 27.2. The smallest absolute Gasteiger partial charge is 0.410 e. The summed E-state index contributed by atoms with van der Waals surface area (Å²) in [6.07, 6.45) is 9.31. The molecule has 1 unspecified atom stereocenters. The minimum Gasteiger partial charge on any atom is -0.444 e. The minimum absolute atomic E-state index is 0.114. The minimum atomic E-state index is -0.549. The van der Waals surface area contributed by atoms with E-state index in [4.69, 9.17) is 9.26 Å². The second kappa shape index (κ2) is 9.96. The molecule has 42 heavy (non-hydrogen) atoms. The number of carbonyl (C=O) groups excluding carboxylic acids is 2. The standard InChI is InChI=1S/C30H39N7O5/c1-29(2,3)41-28(39)37-8-5-19(6-9-37)33-26(38)27-35-25(36-42-27)21-15-32-24-20(4-7-31-24)23(21)34-22-17-10-16-11-18(22)14-30(40,12-16)13-17/h4,7,15-19,22,40H,5-6,8-14H2,1-3H3,(H,33,38)(H2,31,32,34)/t16?,17-,18+,22+,30-. The number of piperidine rings is 1. The van der Waals surface area contributed by atoms with Crippen LogP contribution in [-0.2, 0) is 4.74 Å². The molecular weight excluding hydrogens is 538 g/mol. The maximum absolute atomic E-state index is 13.1. The van der Waals surface area contributed by atoms with Crippen molar-refractivity contribution in [1.82, 2.24) is 30.3 Å². The van der Waals surface area contributed by atoms with Crippen molar-refractivity contribution >= 4 is 28.7 Å². The van der Waals surface area contributed by atoms with Crippen molar-refractivity contribution < 1.29 is 24.0 Å². The fourth-order valence-corrected chi connectivity index (χ4v) is 7.92. The number of fused-ring (bicyclic) bond motifs is 1. The Hall–Kier alpha value is -3.67. The van der Waals surface area contributed by atoms with Crippen LogP contribution in [0.3, 0.4) is 0 Å². The van der Waals surface area contributed by atoms with E-state index >= 15 is 0 Å². The summed E-state index contributed by atoms with van der Waals surface area (Å²) in [6.45, 7) is 6.52. The van der Waals surface area contributed by atoms with Gasteiger partial charge >= 0.3 is 17.9 Å². The van der Waals surface area contributed by atoms with Crippen LogP contribution < -0.4 is 10.6 Å². The van der Waals surface area contributed by atoms with E-state index in [1.807, 2.05) is 33.0 Å². The molecule has 3 aromatic heterocycles. The van der Waals surface area contributed by atoms with E-state index < -0.39 is 17.1 Å². The molecule has 0 aromatic carbocycles. The molecule has 4 heterocycles. The Morgan fingerprint density at radius 1 is 1.17 bits per heavy atom. The topological polar surface area (TPSA) is 158 Å². The summed E-state index contributed by atoms with van der Waals surface area (Å²) in [5.74, 6) is 1.16. The average Bonchev–Trinajstić information content (AvgIpc) is 3.59. The van der Waals surface area contributed by atoms with Crippen molar-refractivity contribution in [1.29, 1.82) is 0 Å². The van der Waals surface area contributed by atoms with E-state index in [2.05, 4.69) is 30.7 Å². The summed E-state index contributed by atoms with van der Waals surface area (Å²) in [5, 5.41) is 23.0. The molecular formula is C30H39N7O5. The number of anilines is 1. The third kappa shape index (κ3) is 5.10. The first-order chi connectivity index (χ1) is 20.0. The number of rotatable bonds is 5. The number of aromatic nitrogens is 4. The van der Waals surface area contributed by atoms with Crippen LogP contribution in [0.2, 0.25) is 0 Å². The molecule has 5 atom stereocenters. The van der Waals surface area contributed by atoms with Crippen LogP contribution in [0.5, 0.6) is 0 Å². The molecule has 8 rings (SSSR count). The van der Waals surface area contributed by atoms with Gasteiger partial charge in [-0.3, -0.25) is 4.79 Å². The van der Waals surface area contributed by atoms with Gasteiger partial charge in [-0.1, -0.05) is 5.16 Å². The van der Waals surface area contributed by atoms with Gasteiger partial charge in [-0.2, -0.15) is 4.98 Å². The van der Waals surface area contributed by atoms with Crippen molar-refractivity contribution in [3.8, 4) is 11.4 Å². The van der Waals surface area contributed by atoms with Gasteiger partial charge in [0, 0.05) is 43.0 Å². The Bertz CT molecular complexity index is 1480. The maximum Gasteiger partial charge on any atom is 0.410 e. The highest BCUT2D eigenvalue weighted by Gasteiger charge is 2.54. The van der Waals surface area contributed by atoms with E-state index in [-0.39, 0.29) is 24.1 Å². The van der Waals surface area contributed by atoms with Crippen LogP contribution in [-0.4, -0.2) is 78.5 Å². The Morgan fingerprint density at radius 2 is 1.90 bits per heavy atom. The number of nitrogens with zero attached hydrogens (tertiary/aromatic N) is 4. The second-order valence-corrected chi connectivity index (χ2v) is 13.8. The van der Waals surface area contributed by atoms with E-state index in [0.29, 0.717) is 55.1 Å². The predicted octanol–water partition coefficient (Wildman–Crippen LogP) is 4.09. The van der Waals surface area contributed by atoms with Crippen molar-refractivity contribution in [2.45, 2.75) is 89.0 Å². The lowest BCUT2D eigenvalue weighted by Crippen LogP contribution is -2.59. The number of aromatic amines is 1. The highest BCUT2D eigenvalue weighted by molar-refractivity contribution is 5.97. The van der Waals surface area contributed by atoms with Crippen LogP contribution in [0.25, 0.3) is 22.4 Å². The summed E-state index contributed by atoms with van der Waals surface area (Å²) in [6, 6.07) is 2.10. The normalized spacial score (nSPS) is 29.2. The number of pyridine rings is 1. The van der Waals surface area contributed by atoms with Crippen molar-refractivity contribution in [2.24, 2.45) is 17.8 Å². The number of likely N-dealkylation sites (tertiary alicyclic amines) is 1. The number of carbonyl (C=O) groups is 2. The summed E-state index contributed by atoms with van der Waals surface area (Å²) < 4.78 is 10.9. The maximum atomic E-state index is 13.1. The van der Waals surface area contributed by atoms with E-state index in [9.17, 15) is 14.7 Å². The first-order valence-electron chi connectivity index (χ1n) is 15.1.